The Labute approximate surface area is 84.8 Å². The largest absolute Gasteiger partial charge is 0.435 e. The number of esters is 1. The van der Waals surface area contributed by atoms with Gasteiger partial charge in [0.15, 0.2) is 6.79 Å². The average molecular weight is 198 g/mol. The number of ether oxygens (including phenoxy) is 1. The third kappa shape index (κ3) is 3.50. The summed E-state index contributed by atoms with van der Waals surface area (Å²) >= 11 is 0. The van der Waals surface area contributed by atoms with Crippen molar-refractivity contribution in [3.05, 3.63) is 11.6 Å². The Bertz CT molecular complexity index is 215. The van der Waals surface area contributed by atoms with E-state index in [-0.39, 0.29) is 0 Å². The maximum Gasteiger partial charge on any atom is 0.335 e. The number of carbonyl (C=O) groups is 1. The van der Waals surface area contributed by atoms with Crippen molar-refractivity contribution in [2.75, 3.05) is 6.79 Å². The molecule has 1 N–H and O–H groups in total. The van der Waals surface area contributed by atoms with Gasteiger partial charge in [0.1, 0.15) is 0 Å². The van der Waals surface area contributed by atoms with Gasteiger partial charge in [-0.2, -0.15) is 0 Å². The fourth-order valence-electron chi connectivity index (χ4n) is 1.89. The molecule has 3 heteroatoms. The molecule has 3 nitrogen and oxygen atoms in total. The fraction of sp³-hybridized carbons (Fsp3) is 0.727. The van der Waals surface area contributed by atoms with Gasteiger partial charge in [0.2, 0.25) is 0 Å². The van der Waals surface area contributed by atoms with Gasteiger partial charge in [-0.3, -0.25) is 0 Å². The summed E-state index contributed by atoms with van der Waals surface area (Å²) < 4.78 is 4.49. The SMILES string of the molecule is CC(=CC1CCCCC1)C(=O)OCO. The van der Waals surface area contributed by atoms with Crippen LogP contribution in [-0.4, -0.2) is 17.9 Å². The highest BCUT2D eigenvalue weighted by molar-refractivity contribution is 5.87. The molecule has 0 aromatic rings. The van der Waals surface area contributed by atoms with Crippen LogP contribution in [0.2, 0.25) is 0 Å². The molecular weight excluding hydrogens is 180 g/mol. The number of rotatable bonds is 3. The van der Waals surface area contributed by atoms with Crippen LogP contribution in [0.3, 0.4) is 0 Å². The lowest BCUT2D eigenvalue weighted by Crippen LogP contribution is -2.10. The number of carbonyl (C=O) groups excluding carboxylic acids is 1. The lowest BCUT2D eigenvalue weighted by molar-refractivity contribution is -0.146. The second-order valence-corrected chi connectivity index (χ2v) is 3.81. The summed E-state index contributed by atoms with van der Waals surface area (Å²) in [7, 11) is 0. The second-order valence-electron chi connectivity index (χ2n) is 3.81. The summed E-state index contributed by atoms with van der Waals surface area (Å²) in [5.74, 6) is 0.119. The quantitative estimate of drug-likeness (QED) is 0.428. The van der Waals surface area contributed by atoms with E-state index in [9.17, 15) is 4.79 Å². The van der Waals surface area contributed by atoms with Crippen LogP contribution in [0.5, 0.6) is 0 Å². The first-order valence-electron chi connectivity index (χ1n) is 5.20. The third-order valence-electron chi connectivity index (χ3n) is 2.65. The minimum Gasteiger partial charge on any atom is -0.435 e. The molecule has 0 aromatic carbocycles. The molecule has 0 aromatic heterocycles. The molecular formula is C11H18O3. The van der Waals surface area contributed by atoms with Gasteiger partial charge in [0.05, 0.1) is 0 Å². The molecule has 1 aliphatic carbocycles. The van der Waals surface area contributed by atoms with Gasteiger partial charge in [0, 0.05) is 5.57 Å². The van der Waals surface area contributed by atoms with Crippen LogP contribution in [0.1, 0.15) is 39.0 Å². The van der Waals surface area contributed by atoms with Crippen LogP contribution >= 0.6 is 0 Å². The molecule has 80 valence electrons. The highest BCUT2D eigenvalue weighted by Crippen LogP contribution is 2.25. The standard InChI is InChI=1S/C11H18O3/c1-9(11(13)14-8-12)7-10-5-3-2-4-6-10/h7,10,12H,2-6,8H2,1H3. The Morgan fingerprint density at radius 2 is 2.07 bits per heavy atom. The van der Waals surface area contributed by atoms with E-state index >= 15 is 0 Å². The highest BCUT2D eigenvalue weighted by atomic mass is 16.6. The third-order valence-corrected chi connectivity index (χ3v) is 2.65. The first-order chi connectivity index (χ1) is 6.74. The predicted octanol–water partition coefficient (Wildman–Crippen LogP) is 2.01. The zero-order chi connectivity index (χ0) is 10.4. The van der Waals surface area contributed by atoms with Gasteiger partial charge in [-0.05, 0) is 25.7 Å². The molecule has 0 heterocycles. The average Bonchev–Trinajstić information content (AvgIpc) is 2.19. The van der Waals surface area contributed by atoms with Crippen molar-refractivity contribution in [3.63, 3.8) is 0 Å². The Balaban J connectivity index is 2.44. The molecule has 0 aliphatic heterocycles. The molecule has 0 amide bonds. The van der Waals surface area contributed by atoms with E-state index in [0.29, 0.717) is 11.5 Å². The molecule has 0 radical (unpaired) electrons. The van der Waals surface area contributed by atoms with Crippen molar-refractivity contribution in [2.45, 2.75) is 39.0 Å². The number of aliphatic hydroxyl groups is 1. The molecule has 14 heavy (non-hydrogen) atoms. The maximum atomic E-state index is 11.2. The summed E-state index contributed by atoms with van der Waals surface area (Å²) in [6.07, 6.45) is 8.14. The number of hydrogen-bond acceptors (Lipinski definition) is 3. The number of hydrogen-bond donors (Lipinski definition) is 1. The summed E-state index contributed by atoms with van der Waals surface area (Å²) in [6, 6.07) is 0. The lowest BCUT2D eigenvalue weighted by atomic mass is 9.88. The summed E-state index contributed by atoms with van der Waals surface area (Å²) in [5.41, 5.74) is 0.617. The number of allylic oxidation sites excluding steroid dienone is 1. The van der Waals surface area contributed by atoms with Crippen LogP contribution in [0.25, 0.3) is 0 Å². The molecule has 0 spiro atoms. The highest BCUT2D eigenvalue weighted by Gasteiger charge is 2.13. The molecule has 0 bridgehead atoms. The molecule has 1 rings (SSSR count). The predicted molar refractivity (Wildman–Crippen MR) is 53.5 cm³/mol. The smallest absolute Gasteiger partial charge is 0.335 e. The van der Waals surface area contributed by atoms with Crippen LogP contribution in [-0.2, 0) is 9.53 Å². The molecule has 0 atom stereocenters. The van der Waals surface area contributed by atoms with Gasteiger partial charge in [-0.25, -0.2) is 4.79 Å². The second kappa shape index (κ2) is 5.81. The van der Waals surface area contributed by atoms with Crippen molar-refractivity contribution in [2.24, 2.45) is 5.92 Å². The Kier molecular flexibility index (Phi) is 4.66. The normalized spacial score (nSPS) is 19.4. The van der Waals surface area contributed by atoms with Crippen molar-refractivity contribution >= 4 is 5.97 Å². The first-order valence-corrected chi connectivity index (χ1v) is 5.20. The van der Waals surface area contributed by atoms with Crippen molar-refractivity contribution < 1.29 is 14.6 Å². The topological polar surface area (TPSA) is 46.5 Å². The van der Waals surface area contributed by atoms with Gasteiger partial charge >= 0.3 is 5.97 Å². The van der Waals surface area contributed by atoms with Gasteiger partial charge in [-0.15, -0.1) is 0 Å². The maximum absolute atomic E-state index is 11.2. The van der Waals surface area contributed by atoms with E-state index in [4.69, 9.17) is 5.11 Å². The van der Waals surface area contributed by atoms with Crippen LogP contribution < -0.4 is 0 Å². The zero-order valence-electron chi connectivity index (χ0n) is 8.66. The lowest BCUT2D eigenvalue weighted by Gasteiger charge is -2.18. The van der Waals surface area contributed by atoms with E-state index in [1.54, 1.807) is 6.92 Å². The van der Waals surface area contributed by atoms with E-state index in [0.717, 1.165) is 0 Å². The minimum atomic E-state index is -0.533. The van der Waals surface area contributed by atoms with Crippen LogP contribution in [0, 0.1) is 5.92 Å². The Hall–Kier alpha value is -0.830. The van der Waals surface area contributed by atoms with Gasteiger partial charge < -0.3 is 9.84 Å². The summed E-state index contributed by atoms with van der Waals surface area (Å²) in [6.45, 7) is 1.21. The minimum absolute atomic E-state index is 0.405. The zero-order valence-corrected chi connectivity index (χ0v) is 8.66. The first kappa shape index (κ1) is 11.2. The van der Waals surface area contributed by atoms with E-state index in [1.807, 2.05) is 6.08 Å². The van der Waals surface area contributed by atoms with Crippen molar-refractivity contribution in [1.82, 2.24) is 0 Å². The van der Waals surface area contributed by atoms with Crippen molar-refractivity contribution in [3.8, 4) is 0 Å². The summed E-state index contributed by atoms with van der Waals surface area (Å²) in [4.78, 5) is 11.2. The molecule has 1 saturated carbocycles. The van der Waals surface area contributed by atoms with Gasteiger partial charge in [0.25, 0.3) is 0 Å². The molecule has 1 aliphatic rings. The molecule has 0 unspecified atom stereocenters. The van der Waals surface area contributed by atoms with Gasteiger partial charge in [-0.1, -0.05) is 25.3 Å². The fourth-order valence-corrected chi connectivity index (χ4v) is 1.89. The Morgan fingerprint density at radius 1 is 1.43 bits per heavy atom. The van der Waals surface area contributed by atoms with E-state index < -0.39 is 12.8 Å². The Morgan fingerprint density at radius 3 is 2.64 bits per heavy atom. The van der Waals surface area contributed by atoms with Crippen LogP contribution in [0.15, 0.2) is 11.6 Å². The van der Waals surface area contributed by atoms with E-state index in [1.165, 1.54) is 32.1 Å². The van der Waals surface area contributed by atoms with E-state index in [2.05, 4.69) is 4.74 Å². The van der Waals surface area contributed by atoms with Crippen molar-refractivity contribution in [1.29, 1.82) is 0 Å². The molecule has 0 saturated heterocycles. The number of aliphatic hydroxyl groups excluding tert-OH is 1. The summed E-state index contributed by atoms with van der Waals surface area (Å²) in [5, 5.41) is 8.42. The monoisotopic (exact) mass is 198 g/mol. The molecule has 1 fully saturated rings. The van der Waals surface area contributed by atoms with Crippen LogP contribution in [0.4, 0.5) is 0 Å².